The maximum absolute atomic E-state index is 13.4. The molecule has 132 valence electrons. The highest BCUT2D eigenvalue weighted by Gasteiger charge is 2.34. The third-order valence-electron chi connectivity index (χ3n) is 4.70. The van der Waals surface area contributed by atoms with Gasteiger partial charge in [-0.1, -0.05) is 6.07 Å². The second-order valence-electron chi connectivity index (χ2n) is 6.72. The molecule has 5 nitrogen and oxygen atoms in total. The molecule has 3 aromatic rings. The summed E-state index contributed by atoms with van der Waals surface area (Å²) in [6, 6.07) is 11.8. The monoisotopic (exact) mass is 347 g/mol. The predicted octanol–water partition coefficient (Wildman–Crippen LogP) is 3.75. The molecule has 1 fully saturated rings. The second kappa shape index (κ2) is 6.75. The van der Waals surface area contributed by atoms with Gasteiger partial charge in [-0.3, -0.25) is 14.8 Å². The predicted molar refractivity (Wildman–Crippen MR) is 100 cm³/mol. The van der Waals surface area contributed by atoms with E-state index in [0.717, 1.165) is 40.8 Å². The lowest BCUT2D eigenvalue weighted by molar-refractivity contribution is 0.0731. The Balaban J connectivity index is 1.75. The van der Waals surface area contributed by atoms with E-state index in [4.69, 9.17) is 4.74 Å². The Kier molecular flexibility index (Phi) is 4.29. The van der Waals surface area contributed by atoms with E-state index < -0.39 is 0 Å². The van der Waals surface area contributed by atoms with Gasteiger partial charge in [0.1, 0.15) is 5.75 Å². The van der Waals surface area contributed by atoms with Gasteiger partial charge in [0.05, 0.1) is 18.2 Å². The number of methoxy groups -OCH3 is 1. The highest BCUT2D eigenvalue weighted by atomic mass is 16.5. The van der Waals surface area contributed by atoms with Gasteiger partial charge in [-0.2, -0.15) is 0 Å². The first-order chi connectivity index (χ1) is 12.7. The quantitative estimate of drug-likeness (QED) is 0.705. The van der Waals surface area contributed by atoms with Crippen LogP contribution >= 0.6 is 0 Å². The molecule has 26 heavy (non-hydrogen) atoms. The van der Waals surface area contributed by atoms with Gasteiger partial charge in [0.25, 0.3) is 5.91 Å². The molecule has 0 aliphatic heterocycles. The molecule has 0 saturated heterocycles. The van der Waals surface area contributed by atoms with Crippen LogP contribution in [-0.2, 0) is 6.54 Å². The molecule has 4 rings (SSSR count). The lowest BCUT2D eigenvalue weighted by Crippen LogP contribution is -2.33. The fraction of sp³-hybridized carbons (Fsp3) is 0.286. The summed E-state index contributed by atoms with van der Waals surface area (Å²) < 4.78 is 5.34. The fourth-order valence-electron chi connectivity index (χ4n) is 3.24. The van der Waals surface area contributed by atoms with E-state index in [2.05, 4.69) is 9.97 Å². The summed E-state index contributed by atoms with van der Waals surface area (Å²) in [5, 5.41) is 0.830. The van der Waals surface area contributed by atoms with E-state index in [1.54, 1.807) is 13.3 Å². The van der Waals surface area contributed by atoms with Crippen LogP contribution in [0, 0.1) is 6.92 Å². The zero-order chi connectivity index (χ0) is 18.1. The third-order valence-corrected chi connectivity index (χ3v) is 4.70. The Morgan fingerprint density at radius 2 is 2.12 bits per heavy atom. The van der Waals surface area contributed by atoms with Crippen molar-refractivity contribution in [2.45, 2.75) is 32.4 Å². The molecule has 0 radical (unpaired) electrons. The Labute approximate surface area is 152 Å². The van der Waals surface area contributed by atoms with Crippen molar-refractivity contribution in [3.63, 3.8) is 0 Å². The molecular weight excluding hydrogens is 326 g/mol. The van der Waals surface area contributed by atoms with Crippen LogP contribution in [0.15, 0.2) is 48.8 Å². The number of hydrogen-bond donors (Lipinski definition) is 0. The summed E-state index contributed by atoms with van der Waals surface area (Å²) in [5.41, 5.74) is 3.37. The van der Waals surface area contributed by atoms with Crippen LogP contribution in [0.2, 0.25) is 0 Å². The summed E-state index contributed by atoms with van der Waals surface area (Å²) in [5.74, 6) is 0.766. The van der Waals surface area contributed by atoms with Gasteiger partial charge in [0, 0.05) is 36.1 Å². The van der Waals surface area contributed by atoms with Gasteiger partial charge in [-0.05, 0) is 55.7 Å². The second-order valence-corrected chi connectivity index (χ2v) is 6.72. The number of pyridine rings is 2. The van der Waals surface area contributed by atoms with Crippen molar-refractivity contribution < 1.29 is 9.53 Å². The normalized spacial score (nSPS) is 13.6. The van der Waals surface area contributed by atoms with E-state index in [0.29, 0.717) is 18.2 Å². The van der Waals surface area contributed by atoms with E-state index in [9.17, 15) is 4.79 Å². The van der Waals surface area contributed by atoms with Gasteiger partial charge in [0.2, 0.25) is 0 Å². The Bertz CT molecular complexity index is 952. The van der Waals surface area contributed by atoms with Crippen LogP contribution in [0.1, 0.15) is 34.5 Å². The van der Waals surface area contributed by atoms with Crippen LogP contribution < -0.4 is 4.74 Å². The van der Waals surface area contributed by atoms with Crippen molar-refractivity contribution in [1.82, 2.24) is 14.9 Å². The van der Waals surface area contributed by atoms with Crippen LogP contribution in [0.25, 0.3) is 10.9 Å². The minimum absolute atomic E-state index is 0.0418. The molecule has 5 heteroatoms. The number of aromatic nitrogens is 2. The zero-order valence-electron chi connectivity index (χ0n) is 15.0. The summed E-state index contributed by atoms with van der Waals surface area (Å²) in [7, 11) is 1.63. The summed E-state index contributed by atoms with van der Waals surface area (Å²) in [4.78, 5) is 24.1. The van der Waals surface area contributed by atoms with Crippen molar-refractivity contribution in [3.05, 3.63) is 65.6 Å². The number of benzene rings is 1. The molecule has 0 unspecified atom stereocenters. The number of carbonyl (C=O) groups is 1. The number of amides is 1. The van der Waals surface area contributed by atoms with Crippen molar-refractivity contribution in [2.24, 2.45) is 0 Å². The number of carbonyl (C=O) groups excluding carboxylic acids is 1. The van der Waals surface area contributed by atoms with Crippen LogP contribution in [-0.4, -0.2) is 33.9 Å². The molecule has 0 spiro atoms. The van der Waals surface area contributed by atoms with Crippen LogP contribution in [0.5, 0.6) is 5.75 Å². The maximum atomic E-state index is 13.4. The first-order valence-electron chi connectivity index (χ1n) is 8.81. The van der Waals surface area contributed by atoms with E-state index in [1.807, 2.05) is 54.4 Å². The van der Waals surface area contributed by atoms with E-state index >= 15 is 0 Å². The molecular formula is C21H21N3O2. The average Bonchev–Trinajstić information content (AvgIpc) is 3.50. The molecule has 0 N–H and O–H groups in total. The van der Waals surface area contributed by atoms with Crippen LogP contribution in [0.3, 0.4) is 0 Å². The van der Waals surface area contributed by atoms with Crippen molar-refractivity contribution >= 4 is 16.8 Å². The molecule has 1 aliphatic carbocycles. The highest BCUT2D eigenvalue weighted by Crippen LogP contribution is 2.32. The van der Waals surface area contributed by atoms with Gasteiger partial charge < -0.3 is 9.64 Å². The first-order valence-corrected chi connectivity index (χ1v) is 8.81. The fourth-order valence-corrected chi connectivity index (χ4v) is 3.24. The molecule has 2 heterocycles. The van der Waals surface area contributed by atoms with E-state index in [-0.39, 0.29) is 5.91 Å². The van der Waals surface area contributed by atoms with Crippen molar-refractivity contribution in [1.29, 1.82) is 0 Å². The standard InChI is InChI=1S/C21H21N3O2/c1-14-10-19(18-11-17(26-2)7-8-20(18)23-14)21(25)24(16-5-6-16)13-15-4-3-9-22-12-15/h3-4,7-12,16H,5-6,13H2,1-2H3. The molecule has 0 atom stereocenters. The molecule has 1 aliphatic rings. The largest absolute Gasteiger partial charge is 0.497 e. The zero-order valence-corrected chi connectivity index (χ0v) is 15.0. The topological polar surface area (TPSA) is 55.3 Å². The summed E-state index contributed by atoms with van der Waals surface area (Å²) in [6.45, 7) is 2.49. The summed E-state index contributed by atoms with van der Waals surface area (Å²) in [6.07, 6.45) is 5.68. The Morgan fingerprint density at radius 3 is 2.81 bits per heavy atom. The number of fused-ring (bicyclic) bond motifs is 1. The minimum atomic E-state index is 0.0418. The van der Waals surface area contributed by atoms with Crippen molar-refractivity contribution in [3.8, 4) is 5.75 Å². The SMILES string of the molecule is COc1ccc2nc(C)cc(C(=O)N(Cc3cccnc3)C3CC3)c2c1. The lowest BCUT2D eigenvalue weighted by Gasteiger charge is -2.23. The minimum Gasteiger partial charge on any atom is -0.497 e. The Morgan fingerprint density at radius 1 is 1.27 bits per heavy atom. The molecule has 0 bridgehead atoms. The molecule has 1 aromatic carbocycles. The third kappa shape index (κ3) is 3.25. The Hall–Kier alpha value is -2.95. The number of ether oxygens (including phenoxy) is 1. The first kappa shape index (κ1) is 16.5. The smallest absolute Gasteiger partial charge is 0.255 e. The molecule has 2 aromatic heterocycles. The highest BCUT2D eigenvalue weighted by molar-refractivity contribution is 6.06. The van der Waals surface area contributed by atoms with Gasteiger partial charge in [0.15, 0.2) is 0 Å². The number of nitrogens with zero attached hydrogens (tertiary/aromatic N) is 3. The molecule has 1 saturated carbocycles. The van der Waals surface area contributed by atoms with Gasteiger partial charge in [-0.15, -0.1) is 0 Å². The molecule has 1 amide bonds. The maximum Gasteiger partial charge on any atom is 0.255 e. The van der Waals surface area contributed by atoms with Crippen molar-refractivity contribution in [2.75, 3.05) is 7.11 Å². The number of rotatable bonds is 5. The van der Waals surface area contributed by atoms with Gasteiger partial charge in [-0.25, -0.2) is 0 Å². The van der Waals surface area contributed by atoms with Gasteiger partial charge >= 0.3 is 0 Å². The average molecular weight is 347 g/mol. The number of hydrogen-bond acceptors (Lipinski definition) is 4. The van der Waals surface area contributed by atoms with Crippen LogP contribution in [0.4, 0.5) is 0 Å². The summed E-state index contributed by atoms with van der Waals surface area (Å²) >= 11 is 0. The lowest BCUT2D eigenvalue weighted by atomic mass is 10.1. The van der Waals surface area contributed by atoms with E-state index in [1.165, 1.54) is 0 Å². The number of aryl methyl sites for hydroxylation is 1.